The number of hydrogen-bond donors (Lipinski definition) is 4. The summed E-state index contributed by atoms with van der Waals surface area (Å²) < 4.78 is 13.9. The predicted molar refractivity (Wildman–Crippen MR) is 101 cm³/mol. The van der Waals surface area contributed by atoms with Crippen LogP contribution in [0.25, 0.3) is 0 Å². The number of aliphatic hydroxyl groups is 1. The normalized spacial score (nSPS) is 13.8. The van der Waals surface area contributed by atoms with Crippen LogP contribution in [0.4, 0.5) is 10.1 Å². The smallest absolute Gasteiger partial charge is 0.276 e. The molecule has 0 saturated carbocycles. The van der Waals surface area contributed by atoms with E-state index in [1.165, 1.54) is 12.1 Å². The lowest BCUT2D eigenvalue weighted by Crippen LogP contribution is -2.48. The van der Waals surface area contributed by atoms with Gasteiger partial charge in [-0.05, 0) is 30.3 Å². The van der Waals surface area contributed by atoms with Gasteiger partial charge in [-0.15, -0.1) is 0 Å². The van der Waals surface area contributed by atoms with Crippen molar-refractivity contribution in [2.24, 2.45) is 0 Å². The van der Waals surface area contributed by atoms with Crippen molar-refractivity contribution in [2.75, 3.05) is 5.32 Å². The van der Waals surface area contributed by atoms with Crippen molar-refractivity contribution in [3.8, 4) is 5.75 Å². The van der Waals surface area contributed by atoms with Gasteiger partial charge in [0.05, 0.1) is 6.54 Å². The molecule has 1 aliphatic rings. The van der Waals surface area contributed by atoms with Gasteiger partial charge in [-0.25, -0.2) is 4.39 Å². The number of nitrogens with one attached hydrogen (secondary N) is 2. The fraction of sp³-hybridized carbons (Fsp3) is 0.250. The predicted octanol–water partition coefficient (Wildman–Crippen LogP) is 1.47. The molecule has 0 spiro atoms. The zero-order valence-electron chi connectivity index (χ0n) is 15.6. The van der Waals surface area contributed by atoms with Crippen molar-refractivity contribution >= 4 is 23.4 Å². The molecular weight excluding hydrogens is 381 g/mol. The molecular formula is C20H20FN3O5. The van der Waals surface area contributed by atoms with Crippen LogP contribution in [0, 0.1) is 5.82 Å². The van der Waals surface area contributed by atoms with Crippen molar-refractivity contribution in [3.63, 3.8) is 0 Å². The summed E-state index contributed by atoms with van der Waals surface area (Å²) in [5.74, 6) is -2.66. The Morgan fingerprint density at radius 3 is 2.76 bits per heavy atom. The number of amides is 3. The molecule has 0 fully saturated rings. The fourth-order valence-electron chi connectivity index (χ4n) is 3.04. The van der Waals surface area contributed by atoms with E-state index in [9.17, 15) is 29.0 Å². The SMILES string of the molecule is CCC(=O)NC(=O)C(O)N1Cc2c(NCc3cc(O)ccc3F)cccc2C1=O. The van der Waals surface area contributed by atoms with Crippen LogP contribution in [-0.4, -0.2) is 39.1 Å². The molecule has 2 aromatic rings. The first kappa shape index (κ1) is 20.3. The molecule has 1 unspecified atom stereocenters. The summed E-state index contributed by atoms with van der Waals surface area (Å²) in [6.45, 7) is 1.55. The molecule has 3 amide bonds. The number of halogens is 1. The van der Waals surface area contributed by atoms with Crippen molar-refractivity contribution in [1.29, 1.82) is 0 Å². The van der Waals surface area contributed by atoms with Crippen LogP contribution < -0.4 is 10.6 Å². The minimum Gasteiger partial charge on any atom is -0.508 e. The summed E-state index contributed by atoms with van der Waals surface area (Å²) in [5, 5.41) is 24.8. The van der Waals surface area contributed by atoms with E-state index in [-0.39, 0.29) is 30.8 Å². The first-order valence-electron chi connectivity index (χ1n) is 8.97. The van der Waals surface area contributed by atoms with E-state index in [2.05, 4.69) is 5.32 Å². The minimum absolute atomic E-state index is 0.0545. The Labute approximate surface area is 166 Å². The quantitative estimate of drug-likeness (QED) is 0.582. The fourth-order valence-corrected chi connectivity index (χ4v) is 3.04. The average molecular weight is 401 g/mol. The molecule has 8 nitrogen and oxygen atoms in total. The molecule has 4 N–H and O–H groups in total. The van der Waals surface area contributed by atoms with E-state index in [4.69, 9.17) is 0 Å². The molecule has 1 aliphatic heterocycles. The van der Waals surface area contributed by atoms with Gasteiger partial charge in [0.15, 0.2) is 0 Å². The molecule has 29 heavy (non-hydrogen) atoms. The third kappa shape index (κ3) is 4.19. The number of hydrogen-bond acceptors (Lipinski definition) is 6. The first-order valence-corrected chi connectivity index (χ1v) is 8.97. The van der Waals surface area contributed by atoms with Crippen LogP contribution in [0.3, 0.4) is 0 Å². The Balaban J connectivity index is 1.77. The van der Waals surface area contributed by atoms with E-state index in [0.29, 0.717) is 16.8 Å². The molecule has 2 aromatic carbocycles. The summed E-state index contributed by atoms with van der Waals surface area (Å²) in [6.07, 6.45) is -1.76. The number of rotatable bonds is 6. The minimum atomic E-state index is -1.82. The number of anilines is 1. The van der Waals surface area contributed by atoms with Gasteiger partial charge in [-0.1, -0.05) is 13.0 Å². The van der Waals surface area contributed by atoms with Gasteiger partial charge in [-0.3, -0.25) is 19.7 Å². The van der Waals surface area contributed by atoms with Gasteiger partial charge >= 0.3 is 0 Å². The third-order valence-corrected chi connectivity index (χ3v) is 4.61. The summed E-state index contributed by atoms with van der Waals surface area (Å²) in [7, 11) is 0. The third-order valence-electron chi connectivity index (χ3n) is 4.61. The number of phenolic OH excluding ortho intramolecular Hbond substituents is 1. The monoisotopic (exact) mass is 401 g/mol. The highest BCUT2D eigenvalue weighted by atomic mass is 19.1. The Kier molecular flexibility index (Phi) is 5.79. The first-order chi connectivity index (χ1) is 13.8. The van der Waals surface area contributed by atoms with E-state index in [1.807, 2.05) is 5.32 Å². The van der Waals surface area contributed by atoms with Gasteiger partial charge in [0.25, 0.3) is 11.8 Å². The van der Waals surface area contributed by atoms with E-state index >= 15 is 0 Å². The summed E-state index contributed by atoms with van der Waals surface area (Å²) in [4.78, 5) is 36.9. The van der Waals surface area contributed by atoms with Crippen molar-refractivity contribution in [1.82, 2.24) is 10.2 Å². The highest BCUT2D eigenvalue weighted by molar-refractivity contribution is 6.04. The number of phenols is 1. The molecule has 3 rings (SSSR count). The van der Waals surface area contributed by atoms with Crippen LogP contribution in [0.15, 0.2) is 36.4 Å². The van der Waals surface area contributed by atoms with E-state index < -0.39 is 29.8 Å². The highest BCUT2D eigenvalue weighted by Crippen LogP contribution is 2.31. The Morgan fingerprint density at radius 2 is 2.03 bits per heavy atom. The van der Waals surface area contributed by atoms with Crippen LogP contribution >= 0.6 is 0 Å². The average Bonchev–Trinajstić information content (AvgIpc) is 3.05. The zero-order chi connectivity index (χ0) is 21.1. The van der Waals surface area contributed by atoms with E-state index in [0.717, 1.165) is 11.0 Å². The lowest BCUT2D eigenvalue weighted by atomic mass is 10.1. The van der Waals surface area contributed by atoms with Crippen molar-refractivity contribution in [3.05, 3.63) is 58.9 Å². The highest BCUT2D eigenvalue weighted by Gasteiger charge is 2.36. The molecule has 1 atom stereocenters. The molecule has 0 saturated heterocycles. The lowest BCUT2D eigenvalue weighted by molar-refractivity contribution is -0.141. The standard InChI is InChI=1S/C20H20FN3O5/c1-2-17(26)23-18(27)20(29)24-10-14-13(19(24)28)4-3-5-16(14)22-9-11-8-12(25)6-7-15(11)21/h3-8,20,22,25,29H,2,9-10H2,1H3,(H,23,26,27). The topological polar surface area (TPSA) is 119 Å². The van der Waals surface area contributed by atoms with Gasteiger partial charge in [0.2, 0.25) is 12.1 Å². The maximum atomic E-state index is 13.9. The zero-order valence-corrected chi connectivity index (χ0v) is 15.6. The second-order valence-electron chi connectivity index (χ2n) is 6.53. The number of carbonyl (C=O) groups excluding carboxylic acids is 3. The Morgan fingerprint density at radius 1 is 1.28 bits per heavy atom. The van der Waals surface area contributed by atoms with Crippen LogP contribution in [0.5, 0.6) is 5.75 Å². The molecule has 1 heterocycles. The van der Waals surface area contributed by atoms with Crippen molar-refractivity contribution in [2.45, 2.75) is 32.7 Å². The molecule has 0 radical (unpaired) electrons. The second-order valence-corrected chi connectivity index (χ2v) is 6.53. The molecule has 0 aliphatic carbocycles. The maximum absolute atomic E-state index is 13.9. The van der Waals surface area contributed by atoms with Gasteiger partial charge in [-0.2, -0.15) is 0 Å². The van der Waals surface area contributed by atoms with Gasteiger partial charge < -0.3 is 20.4 Å². The summed E-state index contributed by atoms with van der Waals surface area (Å²) in [6, 6.07) is 8.55. The van der Waals surface area contributed by atoms with Crippen molar-refractivity contribution < 1.29 is 29.0 Å². The van der Waals surface area contributed by atoms with E-state index in [1.54, 1.807) is 25.1 Å². The molecule has 0 bridgehead atoms. The Hall–Kier alpha value is -3.46. The molecule has 9 heteroatoms. The Bertz CT molecular complexity index is 979. The van der Waals surface area contributed by atoms with Gasteiger partial charge in [0.1, 0.15) is 11.6 Å². The molecule has 152 valence electrons. The van der Waals surface area contributed by atoms with Gasteiger partial charge in [0, 0.05) is 35.3 Å². The number of fused-ring (bicyclic) bond motifs is 1. The maximum Gasteiger partial charge on any atom is 0.276 e. The number of imide groups is 1. The van der Waals surface area contributed by atoms with Crippen LogP contribution in [0.1, 0.15) is 34.8 Å². The van der Waals surface area contributed by atoms with Crippen LogP contribution in [0.2, 0.25) is 0 Å². The molecule has 0 aromatic heterocycles. The lowest BCUT2D eigenvalue weighted by Gasteiger charge is -2.21. The number of aliphatic hydroxyl groups excluding tert-OH is 1. The second kappa shape index (κ2) is 8.27. The van der Waals surface area contributed by atoms with Crippen LogP contribution in [-0.2, 0) is 22.7 Å². The number of aromatic hydroxyl groups is 1. The number of nitrogens with zero attached hydrogens (tertiary/aromatic N) is 1. The number of benzene rings is 2. The largest absolute Gasteiger partial charge is 0.508 e. The summed E-state index contributed by atoms with van der Waals surface area (Å²) in [5.41, 5.74) is 1.59. The summed E-state index contributed by atoms with van der Waals surface area (Å²) >= 11 is 0. The number of carbonyl (C=O) groups is 3.